The van der Waals surface area contributed by atoms with E-state index in [0.717, 1.165) is 17.7 Å². The number of morpholine rings is 1. The number of nitrogen functional groups attached to an aromatic ring is 1. The number of amides is 1. The number of aromatic nitrogens is 1. The smallest absolute Gasteiger partial charge is 0.254 e. The fourth-order valence-corrected chi connectivity index (χ4v) is 2.82. The summed E-state index contributed by atoms with van der Waals surface area (Å²) in [6.45, 7) is 1.68. The average molecular weight is 327 g/mol. The molecular weight excluding hydrogens is 306 g/mol. The molecule has 0 radical (unpaired) electrons. The lowest BCUT2D eigenvalue weighted by atomic mass is 10.1. The van der Waals surface area contributed by atoms with Gasteiger partial charge in [-0.25, -0.2) is 4.98 Å². The van der Waals surface area contributed by atoms with Crippen LogP contribution in [0, 0.1) is 0 Å². The van der Waals surface area contributed by atoms with Crippen LogP contribution in [0.5, 0.6) is 5.75 Å². The lowest BCUT2D eigenvalue weighted by Crippen LogP contribution is -2.46. The van der Waals surface area contributed by atoms with Crippen LogP contribution >= 0.6 is 0 Å². The van der Waals surface area contributed by atoms with Gasteiger partial charge in [0.1, 0.15) is 11.6 Å². The number of rotatable bonds is 4. The molecule has 1 aromatic heterocycles. The maximum Gasteiger partial charge on any atom is 0.254 e. The predicted octanol–water partition coefficient (Wildman–Crippen LogP) is 1.76. The summed E-state index contributed by atoms with van der Waals surface area (Å²) in [6, 6.07) is 11.2. The average Bonchev–Trinajstić information content (AvgIpc) is 2.62. The zero-order valence-corrected chi connectivity index (χ0v) is 13.6. The molecule has 1 atom stereocenters. The predicted molar refractivity (Wildman–Crippen MR) is 91.0 cm³/mol. The topological polar surface area (TPSA) is 77.7 Å². The van der Waals surface area contributed by atoms with E-state index in [1.807, 2.05) is 29.2 Å². The Bertz CT molecular complexity index is 703. The minimum absolute atomic E-state index is 0.0183. The van der Waals surface area contributed by atoms with E-state index in [2.05, 4.69) is 4.98 Å². The summed E-state index contributed by atoms with van der Waals surface area (Å²) in [5, 5.41) is 0. The van der Waals surface area contributed by atoms with Gasteiger partial charge >= 0.3 is 0 Å². The van der Waals surface area contributed by atoms with Gasteiger partial charge in [0, 0.05) is 31.3 Å². The second-order valence-corrected chi connectivity index (χ2v) is 5.77. The van der Waals surface area contributed by atoms with Gasteiger partial charge in [0.2, 0.25) is 0 Å². The third-order valence-corrected chi connectivity index (χ3v) is 4.08. The minimum atomic E-state index is -0.0351. The lowest BCUT2D eigenvalue weighted by Gasteiger charge is -2.33. The Morgan fingerprint density at radius 2 is 2.17 bits per heavy atom. The molecule has 6 nitrogen and oxygen atoms in total. The van der Waals surface area contributed by atoms with Crippen molar-refractivity contribution in [3.05, 3.63) is 53.7 Å². The first-order valence-corrected chi connectivity index (χ1v) is 7.91. The molecule has 1 aliphatic rings. The number of hydrogen-bond acceptors (Lipinski definition) is 5. The highest BCUT2D eigenvalue weighted by atomic mass is 16.5. The number of hydrogen-bond donors (Lipinski definition) is 1. The van der Waals surface area contributed by atoms with Gasteiger partial charge in [-0.15, -0.1) is 0 Å². The number of nitrogens with zero attached hydrogens (tertiary/aromatic N) is 2. The van der Waals surface area contributed by atoms with Crippen molar-refractivity contribution in [3.8, 4) is 5.75 Å². The van der Waals surface area contributed by atoms with Crippen molar-refractivity contribution >= 4 is 11.7 Å². The molecule has 1 amide bonds. The van der Waals surface area contributed by atoms with E-state index < -0.39 is 0 Å². The lowest BCUT2D eigenvalue weighted by molar-refractivity contribution is -0.0208. The van der Waals surface area contributed by atoms with Crippen molar-refractivity contribution < 1.29 is 14.3 Å². The molecule has 3 rings (SSSR count). The number of nitrogens with two attached hydrogens (primary N) is 1. The molecule has 126 valence electrons. The number of carbonyl (C=O) groups is 1. The summed E-state index contributed by atoms with van der Waals surface area (Å²) < 4.78 is 11.0. The number of methoxy groups -OCH3 is 1. The van der Waals surface area contributed by atoms with E-state index in [1.54, 1.807) is 25.4 Å². The van der Waals surface area contributed by atoms with E-state index in [4.69, 9.17) is 15.2 Å². The normalized spacial score (nSPS) is 17.5. The molecule has 24 heavy (non-hydrogen) atoms. The summed E-state index contributed by atoms with van der Waals surface area (Å²) in [6.07, 6.45) is 2.29. The molecule has 6 heteroatoms. The van der Waals surface area contributed by atoms with Gasteiger partial charge < -0.3 is 20.1 Å². The number of anilines is 1. The summed E-state index contributed by atoms with van der Waals surface area (Å²) in [5.41, 5.74) is 7.38. The Morgan fingerprint density at radius 1 is 1.38 bits per heavy atom. The monoisotopic (exact) mass is 327 g/mol. The molecule has 1 aliphatic heterocycles. The van der Waals surface area contributed by atoms with E-state index >= 15 is 0 Å². The second kappa shape index (κ2) is 7.31. The Morgan fingerprint density at radius 3 is 2.88 bits per heavy atom. The van der Waals surface area contributed by atoms with Crippen molar-refractivity contribution in [3.63, 3.8) is 0 Å². The van der Waals surface area contributed by atoms with E-state index in [9.17, 15) is 4.79 Å². The first-order valence-electron chi connectivity index (χ1n) is 7.91. The Hall–Kier alpha value is -2.60. The molecule has 0 bridgehead atoms. The van der Waals surface area contributed by atoms with Gasteiger partial charge in [0.15, 0.2) is 0 Å². The van der Waals surface area contributed by atoms with Gasteiger partial charge in [0.25, 0.3) is 5.91 Å². The second-order valence-electron chi connectivity index (χ2n) is 5.77. The van der Waals surface area contributed by atoms with E-state index in [0.29, 0.717) is 31.1 Å². The molecule has 2 N–H and O–H groups in total. The molecule has 1 aromatic carbocycles. The molecule has 0 spiro atoms. The largest absolute Gasteiger partial charge is 0.497 e. The molecular formula is C18H21N3O3. The minimum Gasteiger partial charge on any atom is -0.497 e. The Labute approximate surface area is 141 Å². The maximum absolute atomic E-state index is 12.6. The SMILES string of the molecule is COc1ccc(C[C@@H]2CN(C(=O)c3ccnc(N)c3)CCO2)cc1. The molecule has 0 aliphatic carbocycles. The van der Waals surface area contributed by atoms with Crippen LogP contribution in [0.4, 0.5) is 5.82 Å². The van der Waals surface area contributed by atoms with Crippen molar-refractivity contribution in [2.24, 2.45) is 0 Å². The van der Waals surface area contributed by atoms with Crippen molar-refractivity contribution in [1.82, 2.24) is 9.88 Å². The third kappa shape index (κ3) is 3.83. The van der Waals surface area contributed by atoms with Crippen molar-refractivity contribution in [1.29, 1.82) is 0 Å². The van der Waals surface area contributed by atoms with Crippen LogP contribution < -0.4 is 10.5 Å². The highest BCUT2D eigenvalue weighted by Crippen LogP contribution is 2.17. The summed E-state index contributed by atoms with van der Waals surface area (Å²) in [4.78, 5) is 18.3. The van der Waals surface area contributed by atoms with Gasteiger partial charge in [-0.1, -0.05) is 12.1 Å². The molecule has 1 fully saturated rings. The zero-order chi connectivity index (χ0) is 16.9. The van der Waals surface area contributed by atoms with Gasteiger partial charge in [-0.3, -0.25) is 4.79 Å². The van der Waals surface area contributed by atoms with Crippen LogP contribution in [0.1, 0.15) is 15.9 Å². The highest BCUT2D eigenvalue weighted by molar-refractivity contribution is 5.94. The van der Waals surface area contributed by atoms with Crippen LogP contribution in [0.15, 0.2) is 42.6 Å². The number of ether oxygens (including phenoxy) is 2. The van der Waals surface area contributed by atoms with Crippen LogP contribution in [-0.2, 0) is 11.2 Å². The van der Waals surface area contributed by atoms with Gasteiger partial charge in [0.05, 0.1) is 19.8 Å². The maximum atomic E-state index is 12.6. The highest BCUT2D eigenvalue weighted by Gasteiger charge is 2.25. The summed E-state index contributed by atoms with van der Waals surface area (Å²) in [7, 11) is 1.65. The first-order chi connectivity index (χ1) is 11.7. The standard InChI is InChI=1S/C18H21N3O3/c1-23-15-4-2-13(3-5-15)10-16-12-21(8-9-24-16)18(22)14-6-7-20-17(19)11-14/h2-7,11,16H,8-10,12H2,1H3,(H2,19,20)/t16-/m1/s1. The zero-order valence-electron chi connectivity index (χ0n) is 13.6. The Kier molecular flexibility index (Phi) is 4.96. The number of benzene rings is 1. The molecule has 0 unspecified atom stereocenters. The van der Waals surface area contributed by atoms with Crippen LogP contribution in [0.2, 0.25) is 0 Å². The van der Waals surface area contributed by atoms with Crippen molar-refractivity contribution in [2.45, 2.75) is 12.5 Å². The number of carbonyl (C=O) groups excluding carboxylic acids is 1. The molecule has 2 heterocycles. The number of pyridine rings is 1. The fraction of sp³-hybridized carbons (Fsp3) is 0.333. The third-order valence-electron chi connectivity index (χ3n) is 4.08. The fourth-order valence-electron chi connectivity index (χ4n) is 2.82. The van der Waals surface area contributed by atoms with E-state index in [1.165, 1.54) is 0 Å². The van der Waals surface area contributed by atoms with Gasteiger partial charge in [-0.05, 0) is 29.8 Å². The molecule has 0 saturated carbocycles. The van der Waals surface area contributed by atoms with Gasteiger partial charge in [-0.2, -0.15) is 0 Å². The van der Waals surface area contributed by atoms with Crippen LogP contribution in [0.25, 0.3) is 0 Å². The Balaban J connectivity index is 1.64. The summed E-state index contributed by atoms with van der Waals surface area (Å²) in [5.74, 6) is 1.14. The molecule has 1 saturated heterocycles. The van der Waals surface area contributed by atoms with Crippen LogP contribution in [0.3, 0.4) is 0 Å². The molecule has 2 aromatic rings. The van der Waals surface area contributed by atoms with Crippen LogP contribution in [-0.4, -0.2) is 48.7 Å². The summed E-state index contributed by atoms with van der Waals surface area (Å²) >= 11 is 0. The van der Waals surface area contributed by atoms with Crippen molar-refractivity contribution in [2.75, 3.05) is 32.5 Å². The van der Waals surface area contributed by atoms with E-state index in [-0.39, 0.29) is 12.0 Å². The first kappa shape index (κ1) is 16.3. The quantitative estimate of drug-likeness (QED) is 0.926.